The van der Waals surface area contributed by atoms with Gasteiger partial charge < -0.3 is 5.73 Å². The Hall–Kier alpha value is -1.56. The Morgan fingerprint density at radius 2 is 2.11 bits per heavy atom. The number of rotatable bonds is 4. The molecule has 0 atom stereocenters. The quantitative estimate of drug-likeness (QED) is 0.935. The number of aromatic nitrogens is 2. The van der Waals surface area contributed by atoms with E-state index in [-0.39, 0.29) is 4.90 Å². The van der Waals surface area contributed by atoms with Gasteiger partial charge in [0, 0.05) is 7.05 Å². The molecular weight excluding hydrogens is 268 g/mol. The standard InChI is InChI=1S/C13H15F2N3S/c1-3-4-10-12(16)13(18(2)17-10)19-11-7-8(14)5-6-9(11)15/h5-7H,3-4,16H2,1-2H3. The summed E-state index contributed by atoms with van der Waals surface area (Å²) in [5.74, 6) is -0.942. The molecule has 0 radical (unpaired) electrons. The van der Waals surface area contributed by atoms with Crippen LogP contribution in [0.1, 0.15) is 19.0 Å². The normalized spacial score (nSPS) is 10.9. The van der Waals surface area contributed by atoms with E-state index in [0.29, 0.717) is 10.7 Å². The van der Waals surface area contributed by atoms with E-state index < -0.39 is 11.6 Å². The molecule has 0 aliphatic heterocycles. The fourth-order valence-electron chi connectivity index (χ4n) is 1.78. The molecule has 6 heteroatoms. The molecule has 0 spiro atoms. The highest BCUT2D eigenvalue weighted by molar-refractivity contribution is 7.99. The lowest BCUT2D eigenvalue weighted by atomic mass is 10.2. The summed E-state index contributed by atoms with van der Waals surface area (Å²) in [5.41, 5.74) is 7.34. The van der Waals surface area contributed by atoms with Gasteiger partial charge in [-0.2, -0.15) is 5.10 Å². The van der Waals surface area contributed by atoms with Crippen LogP contribution in [0.5, 0.6) is 0 Å². The topological polar surface area (TPSA) is 43.8 Å². The minimum absolute atomic E-state index is 0.206. The molecule has 0 aliphatic rings. The van der Waals surface area contributed by atoms with Crippen molar-refractivity contribution >= 4 is 17.4 Å². The Morgan fingerprint density at radius 1 is 1.37 bits per heavy atom. The van der Waals surface area contributed by atoms with Crippen molar-refractivity contribution in [2.75, 3.05) is 5.73 Å². The molecule has 2 rings (SSSR count). The van der Waals surface area contributed by atoms with Gasteiger partial charge in [-0.25, -0.2) is 8.78 Å². The maximum absolute atomic E-state index is 13.6. The van der Waals surface area contributed by atoms with Crippen molar-refractivity contribution in [3.63, 3.8) is 0 Å². The third-order valence-electron chi connectivity index (χ3n) is 2.69. The van der Waals surface area contributed by atoms with Crippen LogP contribution in [0.4, 0.5) is 14.5 Å². The maximum atomic E-state index is 13.6. The van der Waals surface area contributed by atoms with Gasteiger partial charge in [-0.1, -0.05) is 25.1 Å². The molecule has 0 amide bonds. The van der Waals surface area contributed by atoms with Crippen molar-refractivity contribution in [2.24, 2.45) is 7.05 Å². The minimum Gasteiger partial charge on any atom is -0.395 e. The number of halogens is 2. The van der Waals surface area contributed by atoms with Gasteiger partial charge in [-0.05, 0) is 24.6 Å². The molecule has 0 saturated carbocycles. The van der Waals surface area contributed by atoms with Gasteiger partial charge in [0.05, 0.1) is 16.3 Å². The molecule has 0 unspecified atom stereocenters. The van der Waals surface area contributed by atoms with Gasteiger partial charge in [-0.15, -0.1) is 0 Å². The highest BCUT2D eigenvalue weighted by Gasteiger charge is 2.16. The van der Waals surface area contributed by atoms with Gasteiger partial charge in [0.15, 0.2) is 0 Å². The van der Waals surface area contributed by atoms with Crippen molar-refractivity contribution in [1.82, 2.24) is 9.78 Å². The van der Waals surface area contributed by atoms with Crippen LogP contribution in [0.3, 0.4) is 0 Å². The summed E-state index contributed by atoms with van der Waals surface area (Å²) in [6.45, 7) is 2.03. The van der Waals surface area contributed by atoms with Crippen molar-refractivity contribution < 1.29 is 8.78 Å². The van der Waals surface area contributed by atoms with E-state index in [2.05, 4.69) is 5.10 Å². The third-order valence-corrected chi connectivity index (χ3v) is 3.90. The Bertz CT molecular complexity index is 596. The molecule has 1 heterocycles. The fourth-order valence-corrected chi connectivity index (χ4v) is 2.73. The zero-order valence-electron chi connectivity index (χ0n) is 10.8. The van der Waals surface area contributed by atoms with Crippen LogP contribution in [0.2, 0.25) is 0 Å². The lowest BCUT2D eigenvalue weighted by Gasteiger charge is -2.04. The minimum atomic E-state index is -0.474. The first-order valence-corrected chi connectivity index (χ1v) is 6.78. The largest absolute Gasteiger partial charge is 0.395 e. The molecule has 0 bridgehead atoms. The van der Waals surface area contributed by atoms with Crippen LogP contribution in [0.15, 0.2) is 28.1 Å². The second-order valence-corrected chi connectivity index (χ2v) is 5.25. The van der Waals surface area contributed by atoms with E-state index >= 15 is 0 Å². The molecule has 1 aromatic carbocycles. The van der Waals surface area contributed by atoms with Crippen LogP contribution in [-0.4, -0.2) is 9.78 Å². The number of aryl methyl sites for hydroxylation is 2. The van der Waals surface area contributed by atoms with E-state index in [4.69, 9.17) is 5.73 Å². The lowest BCUT2D eigenvalue weighted by Crippen LogP contribution is -1.95. The Labute approximate surface area is 114 Å². The molecule has 0 fully saturated rings. The average Bonchev–Trinajstić information content (AvgIpc) is 2.62. The molecule has 102 valence electrons. The SMILES string of the molecule is CCCc1nn(C)c(Sc2cc(F)ccc2F)c1N. The van der Waals surface area contributed by atoms with E-state index in [1.165, 1.54) is 0 Å². The van der Waals surface area contributed by atoms with E-state index in [9.17, 15) is 8.78 Å². The van der Waals surface area contributed by atoms with Gasteiger partial charge >= 0.3 is 0 Å². The molecule has 0 saturated heterocycles. The molecule has 2 N–H and O–H groups in total. The number of benzene rings is 1. The van der Waals surface area contributed by atoms with Crippen molar-refractivity contribution in [3.8, 4) is 0 Å². The Balaban J connectivity index is 2.35. The summed E-state index contributed by atoms with van der Waals surface area (Å²) in [6.07, 6.45) is 1.70. The highest BCUT2D eigenvalue weighted by Crippen LogP contribution is 2.35. The summed E-state index contributed by atoms with van der Waals surface area (Å²) >= 11 is 1.09. The predicted octanol–water partition coefficient (Wildman–Crippen LogP) is 3.38. The third kappa shape index (κ3) is 2.89. The predicted molar refractivity (Wildman–Crippen MR) is 72.1 cm³/mol. The number of hydrogen-bond donors (Lipinski definition) is 1. The van der Waals surface area contributed by atoms with Crippen molar-refractivity contribution in [3.05, 3.63) is 35.5 Å². The summed E-state index contributed by atoms with van der Waals surface area (Å²) in [4.78, 5) is 0.206. The van der Waals surface area contributed by atoms with Crippen LogP contribution in [0.25, 0.3) is 0 Å². The lowest BCUT2D eigenvalue weighted by molar-refractivity contribution is 0.576. The first kappa shape index (κ1) is 13.9. The second kappa shape index (κ2) is 5.61. The summed E-state index contributed by atoms with van der Waals surface area (Å²) in [6, 6.07) is 3.36. The Morgan fingerprint density at radius 3 is 2.79 bits per heavy atom. The molecule has 19 heavy (non-hydrogen) atoms. The summed E-state index contributed by atoms with van der Waals surface area (Å²) in [5, 5.41) is 4.94. The molecule has 1 aromatic heterocycles. The van der Waals surface area contributed by atoms with E-state index in [0.717, 1.165) is 48.5 Å². The smallest absolute Gasteiger partial charge is 0.137 e. The number of nitrogens with zero attached hydrogens (tertiary/aromatic N) is 2. The van der Waals surface area contributed by atoms with E-state index in [1.54, 1.807) is 11.7 Å². The van der Waals surface area contributed by atoms with E-state index in [1.807, 2.05) is 6.92 Å². The average molecular weight is 283 g/mol. The number of nitrogen functional groups attached to an aromatic ring is 1. The first-order valence-electron chi connectivity index (χ1n) is 5.97. The van der Waals surface area contributed by atoms with Crippen molar-refractivity contribution in [2.45, 2.75) is 29.7 Å². The van der Waals surface area contributed by atoms with Gasteiger partial charge in [0.2, 0.25) is 0 Å². The number of nitrogens with two attached hydrogens (primary N) is 1. The molecule has 2 aromatic rings. The van der Waals surface area contributed by atoms with Crippen LogP contribution in [-0.2, 0) is 13.5 Å². The Kier molecular flexibility index (Phi) is 4.09. The number of anilines is 1. The first-order chi connectivity index (χ1) is 9.02. The van der Waals surface area contributed by atoms with Gasteiger partial charge in [0.25, 0.3) is 0 Å². The van der Waals surface area contributed by atoms with Crippen LogP contribution < -0.4 is 5.73 Å². The summed E-state index contributed by atoms with van der Waals surface area (Å²) in [7, 11) is 1.75. The second-order valence-electron chi connectivity index (χ2n) is 4.22. The molecule has 0 aliphatic carbocycles. The monoisotopic (exact) mass is 283 g/mol. The summed E-state index contributed by atoms with van der Waals surface area (Å²) < 4.78 is 28.4. The van der Waals surface area contributed by atoms with Crippen molar-refractivity contribution in [1.29, 1.82) is 0 Å². The van der Waals surface area contributed by atoms with Gasteiger partial charge in [-0.3, -0.25) is 4.68 Å². The van der Waals surface area contributed by atoms with Gasteiger partial charge in [0.1, 0.15) is 16.7 Å². The zero-order valence-corrected chi connectivity index (χ0v) is 11.6. The fraction of sp³-hybridized carbons (Fsp3) is 0.308. The highest BCUT2D eigenvalue weighted by atomic mass is 32.2. The molecular formula is C13H15F2N3S. The zero-order chi connectivity index (χ0) is 14.0. The number of hydrogen-bond acceptors (Lipinski definition) is 3. The maximum Gasteiger partial charge on any atom is 0.137 e. The van der Waals surface area contributed by atoms with Crippen LogP contribution in [0, 0.1) is 11.6 Å². The van der Waals surface area contributed by atoms with Crippen LogP contribution >= 0.6 is 11.8 Å². The molecule has 3 nitrogen and oxygen atoms in total.